The molecule has 0 bridgehead atoms. The monoisotopic (exact) mass is 938 g/mol. The molecule has 16 nitrogen and oxygen atoms in total. The van der Waals surface area contributed by atoms with Crippen LogP contribution in [0, 0.1) is 39.2 Å². The van der Waals surface area contributed by atoms with Gasteiger partial charge in [0.15, 0.2) is 0 Å². The van der Waals surface area contributed by atoms with Crippen molar-refractivity contribution >= 4 is 44.2 Å². The quantitative estimate of drug-likeness (QED) is 0.0734. The van der Waals surface area contributed by atoms with E-state index in [4.69, 9.17) is 9.47 Å². The highest BCUT2D eigenvalue weighted by atomic mass is 32.2. The Morgan fingerprint density at radius 1 is 1.01 bits per heavy atom. The van der Waals surface area contributed by atoms with Gasteiger partial charge in [-0.1, -0.05) is 26.7 Å². The number of carbonyl (C=O) groups excluding carboxylic acids is 1. The Morgan fingerprint density at radius 3 is 2.51 bits per heavy atom. The van der Waals surface area contributed by atoms with Crippen LogP contribution in [0.5, 0.6) is 11.5 Å². The van der Waals surface area contributed by atoms with Crippen molar-refractivity contribution in [1.82, 2.24) is 24.6 Å². The summed E-state index contributed by atoms with van der Waals surface area (Å²) in [4.78, 5) is 41.8. The third-order valence-electron chi connectivity index (χ3n) is 16.6. The molecule has 1 aromatic carbocycles. The maximum atomic E-state index is 14.0. The van der Waals surface area contributed by atoms with E-state index in [0.29, 0.717) is 60.1 Å². The summed E-state index contributed by atoms with van der Waals surface area (Å²) >= 11 is 0. The van der Waals surface area contributed by atoms with Crippen LogP contribution < -0.4 is 19.7 Å². The van der Waals surface area contributed by atoms with E-state index in [1.54, 1.807) is 37.5 Å². The molecule has 4 saturated carbocycles. The van der Waals surface area contributed by atoms with Gasteiger partial charge >= 0.3 is 5.69 Å². The number of hydrogen-bond acceptors (Lipinski definition) is 13. The van der Waals surface area contributed by atoms with Crippen LogP contribution >= 0.6 is 0 Å². The molecule has 17 heteroatoms. The second-order valence-electron chi connectivity index (χ2n) is 21.6. The van der Waals surface area contributed by atoms with Gasteiger partial charge in [0.2, 0.25) is 5.82 Å². The predicted octanol–water partition coefficient (Wildman–Crippen LogP) is 8.58. The molecule has 4 aliphatic carbocycles. The Labute approximate surface area is 393 Å². The number of pyridine rings is 2. The maximum Gasteiger partial charge on any atom is 0.312 e. The molecule has 4 N–H and O–H groups in total. The smallest absolute Gasteiger partial charge is 0.312 e. The van der Waals surface area contributed by atoms with E-state index in [1.165, 1.54) is 51.4 Å². The van der Waals surface area contributed by atoms with Crippen molar-refractivity contribution in [2.75, 3.05) is 43.0 Å². The van der Waals surface area contributed by atoms with Crippen molar-refractivity contribution in [2.24, 2.45) is 29.1 Å². The Bertz CT molecular complexity index is 2590. The van der Waals surface area contributed by atoms with E-state index in [1.807, 2.05) is 12.1 Å². The van der Waals surface area contributed by atoms with Crippen LogP contribution in [-0.4, -0.2) is 100 Å². The Balaban J connectivity index is 0.834. The van der Waals surface area contributed by atoms with Crippen molar-refractivity contribution in [3.8, 4) is 11.5 Å². The van der Waals surface area contributed by atoms with Crippen LogP contribution in [0.4, 0.5) is 17.2 Å². The molecule has 2 saturated heterocycles. The number of piperidine rings is 1. The van der Waals surface area contributed by atoms with E-state index < -0.39 is 37.0 Å². The van der Waals surface area contributed by atoms with Gasteiger partial charge in [0.05, 0.1) is 40.7 Å². The normalized spacial score (nSPS) is 28.3. The number of benzene rings is 1. The molecule has 3 atom stereocenters. The Hall–Kier alpha value is -4.84. The zero-order chi connectivity index (χ0) is 46.7. The van der Waals surface area contributed by atoms with Crippen molar-refractivity contribution in [3.05, 3.63) is 70.7 Å². The molecular weight excluding hydrogens is 873 g/mol. The van der Waals surface area contributed by atoms with Crippen molar-refractivity contribution in [2.45, 2.75) is 139 Å². The summed E-state index contributed by atoms with van der Waals surface area (Å²) in [5.74, 6) is 1.81. The summed E-state index contributed by atoms with van der Waals surface area (Å²) in [6, 6.07) is 10.8. The number of hydrogen-bond donors (Lipinski definition) is 4. The van der Waals surface area contributed by atoms with Crippen LogP contribution in [-0.2, 0) is 14.8 Å². The van der Waals surface area contributed by atoms with Gasteiger partial charge in [-0.2, -0.15) is 0 Å². The topological polar surface area (TPSA) is 205 Å². The maximum absolute atomic E-state index is 14.0. The Kier molecular flexibility index (Phi) is 12.3. The van der Waals surface area contributed by atoms with E-state index >= 15 is 0 Å². The fraction of sp³-hybridized carbons (Fsp3) is 0.620. The Morgan fingerprint density at radius 2 is 1.78 bits per heavy atom. The van der Waals surface area contributed by atoms with Gasteiger partial charge in [0.25, 0.3) is 15.9 Å². The largest absolute Gasteiger partial charge is 0.455 e. The van der Waals surface area contributed by atoms with Gasteiger partial charge in [0, 0.05) is 67.7 Å². The van der Waals surface area contributed by atoms with E-state index in [2.05, 4.69) is 48.6 Å². The van der Waals surface area contributed by atoms with Gasteiger partial charge in [-0.05, 0) is 137 Å². The fourth-order valence-corrected chi connectivity index (χ4v) is 13.2. The number of nitro groups is 1. The minimum Gasteiger partial charge on any atom is -0.455 e. The molecule has 6 fully saturated rings. The van der Waals surface area contributed by atoms with Crippen LogP contribution in [0.15, 0.2) is 59.9 Å². The summed E-state index contributed by atoms with van der Waals surface area (Å²) in [6.45, 7) is 10.7. The highest BCUT2D eigenvalue weighted by Gasteiger charge is 2.57. The van der Waals surface area contributed by atoms with Crippen LogP contribution in [0.3, 0.4) is 0 Å². The number of aromatic amines is 1. The number of H-pyrrole nitrogens is 1. The van der Waals surface area contributed by atoms with E-state index in [0.717, 1.165) is 81.2 Å². The van der Waals surface area contributed by atoms with Gasteiger partial charge in [-0.15, -0.1) is 0 Å². The molecule has 4 aromatic rings. The molecule has 1 amide bonds. The molecule has 5 heterocycles. The minimum absolute atomic E-state index is 0.0322. The van der Waals surface area contributed by atoms with E-state index in [9.17, 15) is 28.4 Å². The fourth-order valence-electron chi connectivity index (χ4n) is 12.3. The van der Waals surface area contributed by atoms with Gasteiger partial charge in [-0.3, -0.25) is 19.8 Å². The second kappa shape index (κ2) is 17.9. The molecule has 3 aromatic heterocycles. The summed E-state index contributed by atoms with van der Waals surface area (Å²) in [6.07, 6.45) is 19.3. The number of rotatable bonds is 13. The third-order valence-corrected chi connectivity index (χ3v) is 17.9. The van der Waals surface area contributed by atoms with Crippen LogP contribution in [0.25, 0.3) is 11.0 Å². The lowest BCUT2D eigenvalue weighted by molar-refractivity contribution is -0.384. The zero-order valence-electron chi connectivity index (χ0n) is 39.0. The lowest BCUT2D eigenvalue weighted by Gasteiger charge is -2.60. The number of carbonyl (C=O) groups is 1. The first-order chi connectivity index (χ1) is 32.1. The number of nitrogens with zero attached hydrogens (tertiary/aromatic N) is 5. The number of aliphatic hydroxyl groups is 1. The zero-order valence-corrected chi connectivity index (χ0v) is 39.9. The van der Waals surface area contributed by atoms with Gasteiger partial charge in [0.1, 0.15) is 22.0 Å². The number of fused-ring (bicyclic) bond motifs is 1. The molecule has 67 heavy (non-hydrogen) atoms. The number of amides is 1. The highest BCUT2D eigenvalue weighted by molar-refractivity contribution is 7.90. The predicted molar refractivity (Wildman–Crippen MR) is 255 cm³/mol. The first-order valence-electron chi connectivity index (χ1n) is 24.6. The molecular formula is C50H66N8O8S. The number of ether oxygens (including phenoxy) is 2. The first-order valence-corrected chi connectivity index (χ1v) is 26.1. The minimum atomic E-state index is -4.63. The lowest BCUT2D eigenvalue weighted by Crippen LogP contribution is -2.64. The molecule has 2 aliphatic heterocycles. The number of nitrogens with one attached hydrogen (secondary N) is 3. The van der Waals surface area contributed by atoms with Crippen molar-refractivity contribution < 1.29 is 32.7 Å². The van der Waals surface area contributed by atoms with Crippen LogP contribution in [0.1, 0.15) is 121 Å². The van der Waals surface area contributed by atoms with Crippen LogP contribution in [0.2, 0.25) is 0 Å². The third kappa shape index (κ3) is 9.62. The van der Waals surface area contributed by atoms with Crippen molar-refractivity contribution in [3.63, 3.8) is 0 Å². The van der Waals surface area contributed by atoms with Gasteiger partial charge in [-0.25, -0.2) is 23.1 Å². The molecule has 10 rings (SSSR count). The average molecular weight is 939 g/mol. The molecule has 6 aliphatic rings. The summed E-state index contributed by atoms with van der Waals surface area (Å²) < 4.78 is 42.6. The summed E-state index contributed by atoms with van der Waals surface area (Å²) in [5.41, 5.74) is 0.628. The standard InChI is InChI=1S/C50H66N8O8S/c1-32(2)39-6-4-5-7-40(39)43-30-65-50(15-16-50)31-57(43)36-25-49(26-36)17-20-56(21-18-49)35-8-9-41(44(23-35)66-37-22-34-12-19-51-45(34)53-28-37)47(59)55-67(63,64)38-24-42(58(61)62)46(54-29-38)52-27-33-10-13-48(3,60)14-11-33/h8-9,12,19,22-24,28-29,32-33,36,39-40,43,60H,4-7,10-11,13-18,20-21,25-27,30-31H2,1-3H3,(H,51,53)(H,52,54)(H,55,59)/t33-,39?,40?,43-,48-/m0/s1. The number of anilines is 2. The first kappa shape index (κ1) is 45.9. The number of aromatic nitrogens is 3. The van der Waals surface area contributed by atoms with E-state index in [-0.39, 0.29) is 28.6 Å². The summed E-state index contributed by atoms with van der Waals surface area (Å²) in [7, 11) is -4.63. The highest BCUT2D eigenvalue weighted by Crippen LogP contribution is 2.56. The summed E-state index contributed by atoms with van der Waals surface area (Å²) in [5, 5.41) is 26.3. The lowest BCUT2D eigenvalue weighted by atomic mass is 9.59. The number of sulfonamides is 1. The molecule has 360 valence electrons. The SMILES string of the molecule is CC(C)C1CCCCC1[C@@H]1COC2(CC2)CN1C1CC2(CCN(c3ccc(C(=O)NS(=O)(=O)c4cnc(NC[C@H]5CC[C@](C)(O)CC5)c([N+](=O)[O-])c4)c(Oc4cnc5[nH]ccc5c4)c3)CC2)C1. The van der Waals surface area contributed by atoms with Crippen molar-refractivity contribution in [1.29, 1.82) is 0 Å². The molecule has 0 radical (unpaired) electrons. The number of morpholine rings is 1. The second-order valence-corrected chi connectivity index (χ2v) is 23.2. The average Bonchev–Trinajstić information content (AvgIpc) is 3.88. The molecule has 2 spiro atoms. The molecule has 2 unspecified atom stereocenters. The van der Waals surface area contributed by atoms with Gasteiger partial charge < -0.3 is 29.8 Å².